The number of rotatable bonds is 6. The van der Waals surface area contributed by atoms with Crippen LogP contribution in [0.15, 0.2) is 52.9 Å². The molecular formula is C20H19NO5. The second kappa shape index (κ2) is 7.74. The normalized spacial score (nSPS) is 10.5. The molecule has 0 saturated carbocycles. The molecule has 2 aromatic carbocycles. The third-order valence-electron chi connectivity index (χ3n) is 4.03. The first-order valence-electron chi connectivity index (χ1n) is 8.14. The lowest BCUT2D eigenvalue weighted by atomic mass is 10.1. The minimum atomic E-state index is -0.661. The number of ether oxygens (including phenoxy) is 2. The van der Waals surface area contributed by atoms with E-state index in [2.05, 4.69) is 5.32 Å². The molecule has 3 aromatic rings. The van der Waals surface area contributed by atoms with Gasteiger partial charge in [-0.05, 0) is 19.1 Å². The minimum Gasteiger partial charge on any atom is -0.496 e. The van der Waals surface area contributed by atoms with Crippen LogP contribution in [0.2, 0.25) is 0 Å². The highest BCUT2D eigenvalue weighted by Gasteiger charge is 2.19. The molecule has 0 atom stereocenters. The Kier molecular flexibility index (Phi) is 5.22. The van der Waals surface area contributed by atoms with Crippen LogP contribution in [0.1, 0.15) is 21.7 Å². The number of carbonyl (C=O) groups is 2. The van der Waals surface area contributed by atoms with Gasteiger partial charge >= 0.3 is 5.97 Å². The number of esters is 1. The van der Waals surface area contributed by atoms with E-state index in [1.165, 1.54) is 0 Å². The van der Waals surface area contributed by atoms with Crippen LogP contribution in [0, 0.1) is 6.92 Å². The maximum atomic E-state index is 12.2. The largest absolute Gasteiger partial charge is 0.496 e. The Morgan fingerprint density at radius 3 is 2.58 bits per heavy atom. The number of fused-ring (bicyclic) bond motifs is 1. The maximum Gasteiger partial charge on any atom is 0.375 e. The Balaban J connectivity index is 1.57. The summed E-state index contributed by atoms with van der Waals surface area (Å²) in [4.78, 5) is 24.1. The predicted molar refractivity (Wildman–Crippen MR) is 96.1 cm³/mol. The van der Waals surface area contributed by atoms with Crippen molar-refractivity contribution >= 4 is 22.8 Å². The van der Waals surface area contributed by atoms with E-state index in [1.54, 1.807) is 20.1 Å². The highest BCUT2D eigenvalue weighted by Crippen LogP contribution is 2.25. The van der Waals surface area contributed by atoms with Gasteiger partial charge in [-0.3, -0.25) is 4.79 Å². The van der Waals surface area contributed by atoms with E-state index in [-0.39, 0.29) is 18.9 Å². The quantitative estimate of drug-likeness (QED) is 0.689. The second-order valence-corrected chi connectivity index (χ2v) is 5.72. The lowest BCUT2D eigenvalue weighted by molar-refractivity contribution is -0.124. The summed E-state index contributed by atoms with van der Waals surface area (Å²) in [7, 11) is 1.57. The van der Waals surface area contributed by atoms with Crippen molar-refractivity contribution in [3.8, 4) is 5.75 Å². The molecule has 1 N–H and O–H groups in total. The number of nitrogens with one attached hydrogen (secondary N) is 1. The van der Waals surface area contributed by atoms with Gasteiger partial charge < -0.3 is 19.2 Å². The number of furan rings is 1. The van der Waals surface area contributed by atoms with Gasteiger partial charge in [0.25, 0.3) is 5.91 Å². The summed E-state index contributed by atoms with van der Waals surface area (Å²) in [6.07, 6.45) is 0. The summed E-state index contributed by atoms with van der Waals surface area (Å²) >= 11 is 0. The van der Waals surface area contributed by atoms with E-state index in [4.69, 9.17) is 13.9 Å². The summed E-state index contributed by atoms with van der Waals surface area (Å²) in [5.41, 5.74) is 2.14. The van der Waals surface area contributed by atoms with E-state index < -0.39 is 11.9 Å². The highest BCUT2D eigenvalue weighted by molar-refractivity contribution is 5.96. The maximum absolute atomic E-state index is 12.2. The second-order valence-electron chi connectivity index (χ2n) is 5.72. The van der Waals surface area contributed by atoms with Gasteiger partial charge in [0.05, 0.1) is 7.11 Å². The Morgan fingerprint density at radius 2 is 1.81 bits per heavy atom. The number of aryl methyl sites for hydroxylation is 1. The number of hydrogen-bond acceptors (Lipinski definition) is 5. The first-order chi connectivity index (χ1) is 12.6. The monoisotopic (exact) mass is 353 g/mol. The molecule has 0 unspecified atom stereocenters. The van der Waals surface area contributed by atoms with Gasteiger partial charge in [-0.1, -0.05) is 36.4 Å². The molecule has 0 aliphatic carbocycles. The zero-order chi connectivity index (χ0) is 18.5. The molecule has 3 rings (SSSR count). The Labute approximate surface area is 150 Å². The van der Waals surface area contributed by atoms with Gasteiger partial charge in [-0.25, -0.2) is 4.79 Å². The van der Waals surface area contributed by atoms with Crippen molar-refractivity contribution in [2.24, 2.45) is 0 Å². The van der Waals surface area contributed by atoms with Gasteiger partial charge in [0.15, 0.2) is 6.61 Å². The molecule has 0 spiro atoms. The van der Waals surface area contributed by atoms with Crippen LogP contribution in [0.25, 0.3) is 11.0 Å². The molecule has 0 fully saturated rings. The number of para-hydroxylation sites is 2. The van der Waals surface area contributed by atoms with Crippen molar-refractivity contribution in [1.82, 2.24) is 5.32 Å². The number of benzene rings is 2. The molecule has 6 nitrogen and oxygen atoms in total. The van der Waals surface area contributed by atoms with Crippen molar-refractivity contribution in [3.05, 3.63) is 65.4 Å². The first-order valence-corrected chi connectivity index (χ1v) is 8.14. The molecule has 0 bridgehead atoms. The van der Waals surface area contributed by atoms with Crippen LogP contribution < -0.4 is 10.1 Å². The third kappa shape index (κ3) is 3.69. The van der Waals surface area contributed by atoms with Gasteiger partial charge in [-0.15, -0.1) is 0 Å². The molecule has 0 aliphatic heterocycles. The predicted octanol–water partition coefficient (Wildman–Crippen LogP) is 3.22. The summed E-state index contributed by atoms with van der Waals surface area (Å²) in [6, 6.07) is 14.7. The number of hydrogen-bond donors (Lipinski definition) is 1. The van der Waals surface area contributed by atoms with E-state index in [0.717, 1.165) is 10.9 Å². The fraction of sp³-hybridized carbons (Fsp3) is 0.200. The zero-order valence-corrected chi connectivity index (χ0v) is 14.6. The van der Waals surface area contributed by atoms with Crippen LogP contribution in [0.4, 0.5) is 0 Å². The Bertz CT molecular complexity index is 944. The molecule has 1 amide bonds. The fourth-order valence-electron chi connectivity index (χ4n) is 2.66. The molecule has 0 saturated heterocycles. The van der Waals surface area contributed by atoms with Gasteiger partial charge in [0.2, 0.25) is 5.76 Å². The molecule has 6 heteroatoms. The smallest absolute Gasteiger partial charge is 0.375 e. The lowest BCUT2D eigenvalue weighted by Gasteiger charge is -2.09. The van der Waals surface area contributed by atoms with E-state index >= 15 is 0 Å². The van der Waals surface area contributed by atoms with Gasteiger partial charge in [-0.2, -0.15) is 0 Å². The topological polar surface area (TPSA) is 77.8 Å². The minimum absolute atomic E-state index is 0.115. The summed E-state index contributed by atoms with van der Waals surface area (Å²) in [5, 5.41) is 3.54. The van der Waals surface area contributed by atoms with Crippen molar-refractivity contribution in [2.45, 2.75) is 13.5 Å². The van der Waals surface area contributed by atoms with E-state index in [0.29, 0.717) is 16.9 Å². The van der Waals surface area contributed by atoms with Crippen LogP contribution in [0.3, 0.4) is 0 Å². The van der Waals surface area contributed by atoms with Crippen molar-refractivity contribution in [3.63, 3.8) is 0 Å². The van der Waals surface area contributed by atoms with E-state index in [1.807, 2.05) is 42.5 Å². The highest BCUT2D eigenvalue weighted by atomic mass is 16.5. The van der Waals surface area contributed by atoms with Crippen molar-refractivity contribution in [1.29, 1.82) is 0 Å². The zero-order valence-electron chi connectivity index (χ0n) is 14.6. The molecule has 1 aromatic heterocycles. The first kappa shape index (κ1) is 17.5. The summed E-state index contributed by atoms with van der Waals surface area (Å²) in [5.74, 6) is -0.268. The van der Waals surface area contributed by atoms with Crippen LogP contribution >= 0.6 is 0 Å². The number of methoxy groups -OCH3 is 1. The summed E-state index contributed by atoms with van der Waals surface area (Å²) < 4.78 is 15.8. The van der Waals surface area contributed by atoms with Crippen LogP contribution in [0.5, 0.6) is 5.75 Å². The van der Waals surface area contributed by atoms with Crippen molar-refractivity contribution < 1.29 is 23.5 Å². The third-order valence-corrected chi connectivity index (χ3v) is 4.03. The molecule has 0 aliphatic rings. The average molecular weight is 353 g/mol. The van der Waals surface area contributed by atoms with Crippen LogP contribution in [-0.2, 0) is 16.1 Å². The Hall–Kier alpha value is -3.28. The lowest BCUT2D eigenvalue weighted by Crippen LogP contribution is -2.28. The van der Waals surface area contributed by atoms with Crippen molar-refractivity contribution in [2.75, 3.05) is 13.7 Å². The standard InChI is InChI=1S/C20H19NO5/c1-13-15-8-4-6-10-17(15)26-19(13)20(23)25-12-18(22)21-11-14-7-3-5-9-16(14)24-2/h3-10H,11-12H2,1-2H3,(H,21,22). The molecule has 26 heavy (non-hydrogen) atoms. The van der Waals surface area contributed by atoms with Crippen LogP contribution in [-0.4, -0.2) is 25.6 Å². The molecule has 134 valence electrons. The Morgan fingerprint density at radius 1 is 1.08 bits per heavy atom. The fourth-order valence-corrected chi connectivity index (χ4v) is 2.66. The van der Waals surface area contributed by atoms with E-state index in [9.17, 15) is 9.59 Å². The number of carbonyl (C=O) groups excluding carboxylic acids is 2. The molecular weight excluding hydrogens is 334 g/mol. The number of amides is 1. The SMILES string of the molecule is COc1ccccc1CNC(=O)COC(=O)c1oc2ccccc2c1C. The summed E-state index contributed by atoms with van der Waals surface area (Å²) in [6.45, 7) is 1.68. The molecule has 1 heterocycles. The average Bonchev–Trinajstić information content (AvgIpc) is 3.01. The van der Waals surface area contributed by atoms with Gasteiger partial charge in [0, 0.05) is 23.1 Å². The molecule has 0 radical (unpaired) electrons. The van der Waals surface area contributed by atoms with Gasteiger partial charge in [0.1, 0.15) is 11.3 Å².